The van der Waals surface area contributed by atoms with Gasteiger partial charge < -0.3 is 15.2 Å². The summed E-state index contributed by atoms with van der Waals surface area (Å²) in [5, 5.41) is 4.07. The average molecular weight is 357 g/mol. The van der Waals surface area contributed by atoms with Crippen molar-refractivity contribution in [2.45, 2.75) is 20.3 Å². The number of hydrazone groups is 1. The van der Waals surface area contributed by atoms with Gasteiger partial charge in [-0.15, -0.1) is 0 Å². The summed E-state index contributed by atoms with van der Waals surface area (Å²) in [4.78, 5) is 0. The van der Waals surface area contributed by atoms with E-state index in [1.807, 2.05) is 30.3 Å². The van der Waals surface area contributed by atoms with Gasteiger partial charge in [0.25, 0.3) is 0 Å². The minimum atomic E-state index is 0.118. The number of benzene rings is 2. The second-order valence-electron chi connectivity index (χ2n) is 5.48. The molecule has 0 fully saturated rings. The number of ether oxygens (including phenoxy) is 2. The Hall–Kier alpha value is -2.60. The average Bonchev–Trinajstić information content (AvgIpc) is 2.59. The van der Waals surface area contributed by atoms with Crippen LogP contribution in [0.3, 0.4) is 0 Å². The molecule has 0 atom stereocenters. The van der Waals surface area contributed by atoms with Crippen LogP contribution in [0.15, 0.2) is 47.6 Å². The molecule has 0 bridgehead atoms. The molecule has 0 unspecified atom stereocenters. The molecule has 25 heavy (non-hydrogen) atoms. The third kappa shape index (κ3) is 6.43. The van der Waals surface area contributed by atoms with E-state index in [0.717, 1.165) is 23.5 Å². The summed E-state index contributed by atoms with van der Waals surface area (Å²) in [6.45, 7) is 5.09. The summed E-state index contributed by atoms with van der Waals surface area (Å²) < 4.78 is 11.6. The largest absolute Gasteiger partial charge is 0.490 e. The molecule has 2 aromatic rings. The van der Waals surface area contributed by atoms with Crippen molar-refractivity contribution in [1.29, 1.82) is 0 Å². The molecule has 0 radical (unpaired) electrons. The highest BCUT2D eigenvalue weighted by Gasteiger charge is 2.02. The quantitative estimate of drug-likeness (QED) is 0.329. The molecule has 0 saturated heterocycles. The fourth-order valence-corrected chi connectivity index (χ4v) is 2.36. The Morgan fingerprint density at radius 3 is 2.72 bits per heavy atom. The molecule has 0 spiro atoms. The molecule has 0 aromatic heterocycles. The van der Waals surface area contributed by atoms with Crippen LogP contribution in [0.1, 0.15) is 23.6 Å². The van der Waals surface area contributed by atoms with Crippen molar-refractivity contribution in [2.24, 2.45) is 10.8 Å². The van der Waals surface area contributed by atoms with Gasteiger partial charge in [-0.1, -0.05) is 25.1 Å². The summed E-state index contributed by atoms with van der Waals surface area (Å²) in [5.74, 6) is 1.59. The number of thiocarbonyl (C=S) groups is 1. The van der Waals surface area contributed by atoms with E-state index in [-0.39, 0.29) is 5.11 Å². The van der Waals surface area contributed by atoms with Gasteiger partial charge in [-0.3, -0.25) is 5.43 Å². The summed E-state index contributed by atoms with van der Waals surface area (Å²) >= 11 is 4.71. The van der Waals surface area contributed by atoms with Crippen molar-refractivity contribution < 1.29 is 9.47 Å². The number of nitrogens with one attached hydrogen (secondary N) is 1. The highest BCUT2D eigenvalue weighted by atomic mass is 32.1. The summed E-state index contributed by atoms with van der Waals surface area (Å²) in [6.07, 6.45) is 2.60. The first kappa shape index (κ1) is 18.7. The van der Waals surface area contributed by atoms with E-state index in [4.69, 9.17) is 27.4 Å². The number of aryl methyl sites for hydroxylation is 2. The lowest BCUT2D eigenvalue weighted by Gasteiger charge is -2.11. The maximum Gasteiger partial charge on any atom is 0.184 e. The number of hydrogen-bond donors (Lipinski definition) is 2. The normalized spacial score (nSPS) is 10.6. The number of nitrogens with two attached hydrogens (primary N) is 1. The van der Waals surface area contributed by atoms with Gasteiger partial charge >= 0.3 is 0 Å². The summed E-state index contributed by atoms with van der Waals surface area (Å²) in [5.41, 5.74) is 11.2. The monoisotopic (exact) mass is 357 g/mol. The van der Waals surface area contributed by atoms with E-state index in [0.29, 0.717) is 13.2 Å². The Kier molecular flexibility index (Phi) is 7.22. The Bertz CT molecular complexity index is 747. The van der Waals surface area contributed by atoms with Crippen LogP contribution < -0.4 is 20.6 Å². The van der Waals surface area contributed by atoms with E-state index in [1.54, 1.807) is 6.21 Å². The smallest absolute Gasteiger partial charge is 0.184 e. The molecule has 6 heteroatoms. The predicted octanol–water partition coefficient (Wildman–Crippen LogP) is 3.18. The minimum Gasteiger partial charge on any atom is -0.490 e. The fraction of sp³-hybridized carbons (Fsp3) is 0.263. The third-order valence-corrected chi connectivity index (χ3v) is 3.52. The molecular weight excluding hydrogens is 334 g/mol. The zero-order valence-electron chi connectivity index (χ0n) is 14.5. The molecule has 3 N–H and O–H groups in total. The van der Waals surface area contributed by atoms with Crippen molar-refractivity contribution in [3.05, 3.63) is 59.2 Å². The first-order valence-corrected chi connectivity index (χ1v) is 8.53. The highest BCUT2D eigenvalue weighted by molar-refractivity contribution is 7.80. The van der Waals surface area contributed by atoms with Crippen LogP contribution >= 0.6 is 12.2 Å². The second kappa shape index (κ2) is 9.64. The zero-order valence-corrected chi connectivity index (χ0v) is 15.3. The van der Waals surface area contributed by atoms with Crippen LogP contribution in [0.4, 0.5) is 0 Å². The van der Waals surface area contributed by atoms with Gasteiger partial charge in [0.1, 0.15) is 24.7 Å². The summed E-state index contributed by atoms with van der Waals surface area (Å²) in [6, 6.07) is 13.8. The maximum absolute atomic E-state index is 5.80. The standard InChI is InChI=1S/C19H23N3O2S/c1-3-15-10-14(2)11-17(12-15)23-8-9-24-18-7-5-4-6-16(18)13-21-22-19(20)25/h4-7,10-13H,3,8-9H2,1-2H3,(H3,20,22,25). The molecule has 132 valence electrons. The van der Waals surface area contributed by atoms with Crippen molar-refractivity contribution in [1.82, 2.24) is 5.43 Å². The molecule has 2 rings (SSSR count). The lowest BCUT2D eigenvalue weighted by atomic mass is 10.1. The van der Waals surface area contributed by atoms with Crippen LogP contribution in [0.5, 0.6) is 11.5 Å². The lowest BCUT2D eigenvalue weighted by molar-refractivity contribution is 0.217. The lowest BCUT2D eigenvalue weighted by Crippen LogP contribution is -2.24. The van der Waals surface area contributed by atoms with Gasteiger partial charge in [0.15, 0.2) is 5.11 Å². The van der Waals surface area contributed by atoms with Gasteiger partial charge in [-0.25, -0.2) is 0 Å². The molecule has 0 aliphatic rings. The van der Waals surface area contributed by atoms with E-state index >= 15 is 0 Å². The second-order valence-corrected chi connectivity index (χ2v) is 5.92. The molecule has 2 aromatic carbocycles. The van der Waals surface area contributed by atoms with E-state index in [1.165, 1.54) is 11.1 Å². The third-order valence-electron chi connectivity index (χ3n) is 3.43. The molecule has 0 saturated carbocycles. The van der Waals surface area contributed by atoms with Gasteiger partial charge in [0, 0.05) is 5.56 Å². The first-order valence-electron chi connectivity index (χ1n) is 8.12. The molecular formula is C19H23N3O2S. The highest BCUT2D eigenvalue weighted by Crippen LogP contribution is 2.18. The number of para-hydroxylation sites is 1. The Balaban J connectivity index is 1.89. The van der Waals surface area contributed by atoms with Crippen LogP contribution in [0.25, 0.3) is 0 Å². The van der Waals surface area contributed by atoms with Crippen LogP contribution in [0.2, 0.25) is 0 Å². The molecule has 5 nitrogen and oxygen atoms in total. The first-order chi connectivity index (χ1) is 12.1. The molecule has 0 amide bonds. The number of rotatable bonds is 8. The summed E-state index contributed by atoms with van der Waals surface area (Å²) in [7, 11) is 0. The topological polar surface area (TPSA) is 68.9 Å². The Labute approximate surface area is 153 Å². The molecule has 0 heterocycles. The van der Waals surface area contributed by atoms with Crippen LogP contribution in [-0.2, 0) is 6.42 Å². The SMILES string of the molecule is CCc1cc(C)cc(OCCOc2ccccc2C=NNC(N)=S)c1. The zero-order chi connectivity index (χ0) is 18.1. The van der Waals surface area contributed by atoms with E-state index in [2.05, 4.69) is 36.5 Å². The van der Waals surface area contributed by atoms with Gasteiger partial charge in [0.05, 0.1) is 6.21 Å². The van der Waals surface area contributed by atoms with Crippen molar-refractivity contribution in [3.63, 3.8) is 0 Å². The van der Waals surface area contributed by atoms with Gasteiger partial charge in [-0.2, -0.15) is 5.10 Å². The van der Waals surface area contributed by atoms with Gasteiger partial charge in [0.2, 0.25) is 0 Å². The molecule has 0 aliphatic carbocycles. The van der Waals surface area contributed by atoms with Crippen molar-refractivity contribution >= 4 is 23.5 Å². The van der Waals surface area contributed by atoms with Gasteiger partial charge in [-0.05, 0) is 61.0 Å². The van der Waals surface area contributed by atoms with Crippen molar-refractivity contribution in [3.8, 4) is 11.5 Å². The van der Waals surface area contributed by atoms with E-state index in [9.17, 15) is 0 Å². The van der Waals surface area contributed by atoms with Crippen molar-refractivity contribution in [2.75, 3.05) is 13.2 Å². The van der Waals surface area contributed by atoms with E-state index < -0.39 is 0 Å². The predicted molar refractivity (Wildman–Crippen MR) is 106 cm³/mol. The number of nitrogens with zero attached hydrogens (tertiary/aromatic N) is 1. The Morgan fingerprint density at radius 1 is 1.20 bits per heavy atom. The molecule has 0 aliphatic heterocycles. The Morgan fingerprint density at radius 2 is 1.96 bits per heavy atom. The maximum atomic E-state index is 5.80. The van der Waals surface area contributed by atoms with Crippen LogP contribution in [-0.4, -0.2) is 24.5 Å². The minimum absolute atomic E-state index is 0.118. The fourth-order valence-electron chi connectivity index (χ4n) is 2.31. The van der Waals surface area contributed by atoms with Crippen LogP contribution in [0, 0.1) is 6.92 Å². The number of hydrogen-bond acceptors (Lipinski definition) is 4.